The van der Waals surface area contributed by atoms with Gasteiger partial charge in [0.15, 0.2) is 0 Å². The fraction of sp³-hybridized carbons (Fsp3) is 0.320. The van der Waals surface area contributed by atoms with Crippen molar-refractivity contribution < 1.29 is 14.3 Å². The van der Waals surface area contributed by atoms with Gasteiger partial charge in [-0.25, -0.2) is 0 Å². The summed E-state index contributed by atoms with van der Waals surface area (Å²) < 4.78 is 11.4. The third-order valence-corrected chi connectivity index (χ3v) is 5.44. The topological polar surface area (TPSA) is 50.8 Å². The van der Waals surface area contributed by atoms with E-state index in [0.29, 0.717) is 25.3 Å². The summed E-state index contributed by atoms with van der Waals surface area (Å²) in [4.78, 5) is 15.4. The van der Waals surface area contributed by atoms with Crippen LogP contribution in [-0.4, -0.2) is 37.7 Å². The summed E-state index contributed by atoms with van der Waals surface area (Å²) in [5, 5.41) is 5.83. The molecule has 0 fully saturated rings. The average Bonchev–Trinajstić information content (AvgIpc) is 2.79. The lowest BCUT2D eigenvalue weighted by atomic mass is 9.97. The summed E-state index contributed by atoms with van der Waals surface area (Å²) in [6.07, 6.45) is 1.37. The molecule has 30 heavy (non-hydrogen) atoms. The van der Waals surface area contributed by atoms with E-state index in [1.807, 2.05) is 47.4 Å². The summed E-state index contributed by atoms with van der Waals surface area (Å²) >= 11 is 0. The van der Waals surface area contributed by atoms with Crippen LogP contribution in [0.4, 0.5) is 5.69 Å². The number of benzene rings is 3. The maximum atomic E-state index is 13.5. The highest BCUT2D eigenvalue weighted by Crippen LogP contribution is 2.40. The Balaban J connectivity index is 1.85. The number of ether oxygens (including phenoxy) is 2. The Labute approximate surface area is 177 Å². The van der Waals surface area contributed by atoms with E-state index in [0.717, 1.165) is 40.6 Å². The van der Waals surface area contributed by atoms with Crippen LogP contribution in [0, 0.1) is 0 Å². The Hall–Kier alpha value is -3.05. The highest BCUT2D eigenvalue weighted by atomic mass is 16.5. The zero-order valence-corrected chi connectivity index (χ0v) is 17.6. The van der Waals surface area contributed by atoms with E-state index < -0.39 is 0 Å². The first-order chi connectivity index (χ1) is 14.7. The lowest BCUT2D eigenvalue weighted by Gasteiger charge is -2.39. The van der Waals surface area contributed by atoms with Crippen molar-refractivity contribution in [3.8, 4) is 5.75 Å². The number of nitrogens with zero attached hydrogens (tertiary/aromatic N) is 1. The molecular weight excluding hydrogens is 376 g/mol. The number of para-hydroxylation sites is 1. The van der Waals surface area contributed by atoms with Gasteiger partial charge in [0, 0.05) is 31.5 Å². The van der Waals surface area contributed by atoms with Gasteiger partial charge >= 0.3 is 0 Å². The third kappa shape index (κ3) is 3.85. The minimum Gasteiger partial charge on any atom is -0.493 e. The summed E-state index contributed by atoms with van der Waals surface area (Å²) in [5.74, 6) is 0.844. The Morgan fingerprint density at radius 1 is 1.00 bits per heavy atom. The number of methoxy groups -OCH3 is 1. The van der Waals surface area contributed by atoms with E-state index in [2.05, 4.69) is 30.4 Å². The van der Waals surface area contributed by atoms with Gasteiger partial charge < -0.3 is 19.7 Å². The summed E-state index contributed by atoms with van der Waals surface area (Å²) in [6.45, 7) is 3.92. The van der Waals surface area contributed by atoms with Crippen molar-refractivity contribution in [1.29, 1.82) is 0 Å². The molecule has 0 radical (unpaired) electrons. The van der Waals surface area contributed by atoms with Crippen LogP contribution in [-0.2, 0) is 4.74 Å². The Kier molecular flexibility index (Phi) is 6.19. The van der Waals surface area contributed by atoms with Crippen molar-refractivity contribution in [2.45, 2.75) is 25.9 Å². The molecule has 1 N–H and O–H groups in total. The molecule has 0 saturated heterocycles. The summed E-state index contributed by atoms with van der Waals surface area (Å²) in [7, 11) is 1.68. The fourth-order valence-electron chi connectivity index (χ4n) is 4.03. The molecule has 3 aromatic carbocycles. The normalized spacial score (nSPS) is 15.7. The number of amides is 1. The molecule has 5 heteroatoms. The van der Waals surface area contributed by atoms with Gasteiger partial charge in [-0.1, -0.05) is 49.4 Å². The first-order valence-electron chi connectivity index (χ1n) is 10.5. The van der Waals surface area contributed by atoms with Crippen LogP contribution in [0.15, 0.2) is 60.7 Å². The highest BCUT2D eigenvalue weighted by molar-refractivity contribution is 6.02. The van der Waals surface area contributed by atoms with E-state index in [1.165, 1.54) is 0 Å². The van der Waals surface area contributed by atoms with Gasteiger partial charge in [-0.15, -0.1) is 0 Å². The van der Waals surface area contributed by atoms with Crippen molar-refractivity contribution in [1.82, 2.24) is 4.90 Å². The van der Waals surface area contributed by atoms with Crippen LogP contribution in [0.2, 0.25) is 0 Å². The summed E-state index contributed by atoms with van der Waals surface area (Å²) in [6, 6.07) is 20.1. The van der Waals surface area contributed by atoms with E-state index in [9.17, 15) is 4.79 Å². The molecule has 1 heterocycles. The van der Waals surface area contributed by atoms with Crippen molar-refractivity contribution in [2.75, 3.05) is 32.2 Å². The highest BCUT2D eigenvalue weighted by Gasteiger charge is 2.35. The zero-order chi connectivity index (χ0) is 20.9. The lowest BCUT2D eigenvalue weighted by Crippen LogP contribution is -2.44. The number of carbonyl (C=O) groups excluding carboxylic acids is 1. The number of rotatable bonds is 8. The van der Waals surface area contributed by atoms with Crippen LogP contribution >= 0.6 is 0 Å². The standard InChI is InChI=1S/C25H28N2O3/c1-3-16-30-22-14-13-18-9-4-5-10-19(18)23(22)24-26-21-12-7-6-11-20(21)25(28)27(24)15-8-17-29-2/h4-7,9-14,24,26H,3,8,15-17H2,1-2H3. The van der Waals surface area contributed by atoms with Crippen LogP contribution in [0.1, 0.15) is 41.9 Å². The van der Waals surface area contributed by atoms with Crippen molar-refractivity contribution >= 4 is 22.4 Å². The first-order valence-corrected chi connectivity index (χ1v) is 10.5. The number of anilines is 1. The first kappa shape index (κ1) is 20.2. The molecule has 0 aromatic heterocycles. The van der Waals surface area contributed by atoms with Crippen LogP contribution in [0.5, 0.6) is 5.75 Å². The van der Waals surface area contributed by atoms with Gasteiger partial charge in [0.1, 0.15) is 11.9 Å². The molecule has 1 unspecified atom stereocenters. The molecule has 4 rings (SSSR count). The molecular formula is C25H28N2O3. The second kappa shape index (κ2) is 9.18. The molecule has 3 aromatic rings. The average molecular weight is 405 g/mol. The van der Waals surface area contributed by atoms with E-state index in [4.69, 9.17) is 9.47 Å². The zero-order valence-electron chi connectivity index (χ0n) is 17.6. The maximum Gasteiger partial charge on any atom is 0.257 e. The maximum absolute atomic E-state index is 13.5. The second-order valence-corrected chi connectivity index (χ2v) is 7.48. The second-order valence-electron chi connectivity index (χ2n) is 7.48. The number of carbonyl (C=O) groups is 1. The van der Waals surface area contributed by atoms with E-state index >= 15 is 0 Å². The third-order valence-electron chi connectivity index (χ3n) is 5.44. The Morgan fingerprint density at radius 3 is 2.63 bits per heavy atom. The van der Waals surface area contributed by atoms with Crippen LogP contribution < -0.4 is 10.1 Å². The molecule has 1 amide bonds. The molecule has 0 spiro atoms. The van der Waals surface area contributed by atoms with Gasteiger partial charge in [0.2, 0.25) is 0 Å². The molecule has 0 saturated carbocycles. The molecule has 1 atom stereocenters. The molecule has 0 bridgehead atoms. The predicted molar refractivity (Wildman–Crippen MR) is 120 cm³/mol. The van der Waals surface area contributed by atoms with Gasteiger partial charge in [-0.3, -0.25) is 4.79 Å². The van der Waals surface area contributed by atoms with Gasteiger partial charge in [0.25, 0.3) is 5.91 Å². The lowest BCUT2D eigenvalue weighted by molar-refractivity contribution is 0.0659. The molecule has 0 aliphatic carbocycles. The van der Waals surface area contributed by atoms with Crippen LogP contribution in [0.25, 0.3) is 10.8 Å². The fourth-order valence-corrected chi connectivity index (χ4v) is 4.03. The molecule has 156 valence electrons. The minimum absolute atomic E-state index is 0.0276. The SMILES string of the molecule is CCCOc1ccc2ccccc2c1C1Nc2ccccc2C(=O)N1CCCOC. The Bertz CT molecular complexity index is 1030. The number of hydrogen-bond donors (Lipinski definition) is 1. The van der Waals surface area contributed by atoms with Crippen LogP contribution in [0.3, 0.4) is 0 Å². The van der Waals surface area contributed by atoms with Gasteiger partial charge in [-0.05, 0) is 41.8 Å². The minimum atomic E-state index is -0.317. The Morgan fingerprint density at radius 2 is 1.80 bits per heavy atom. The van der Waals surface area contributed by atoms with E-state index in [1.54, 1.807) is 7.11 Å². The largest absolute Gasteiger partial charge is 0.493 e. The number of hydrogen-bond acceptors (Lipinski definition) is 4. The predicted octanol–water partition coefficient (Wildman–Crippen LogP) is 5.23. The van der Waals surface area contributed by atoms with Crippen molar-refractivity contribution in [3.63, 3.8) is 0 Å². The molecule has 1 aliphatic heterocycles. The quantitative estimate of drug-likeness (QED) is 0.522. The van der Waals surface area contributed by atoms with Crippen molar-refractivity contribution in [3.05, 3.63) is 71.8 Å². The van der Waals surface area contributed by atoms with E-state index in [-0.39, 0.29) is 12.1 Å². The summed E-state index contributed by atoms with van der Waals surface area (Å²) in [5.41, 5.74) is 2.55. The monoisotopic (exact) mass is 404 g/mol. The number of fused-ring (bicyclic) bond motifs is 2. The molecule has 1 aliphatic rings. The smallest absolute Gasteiger partial charge is 0.257 e. The molecule has 5 nitrogen and oxygen atoms in total. The van der Waals surface area contributed by atoms with Gasteiger partial charge in [-0.2, -0.15) is 0 Å². The number of nitrogens with one attached hydrogen (secondary N) is 1. The van der Waals surface area contributed by atoms with Gasteiger partial charge in [0.05, 0.1) is 12.2 Å². The van der Waals surface area contributed by atoms with Crippen molar-refractivity contribution in [2.24, 2.45) is 0 Å².